The molecule has 1 aliphatic carbocycles. The minimum absolute atomic E-state index is 0.0331. The Bertz CT molecular complexity index is 1160. The summed E-state index contributed by atoms with van der Waals surface area (Å²) in [4.78, 5) is 50.7. The molecule has 3 amide bonds. The van der Waals surface area contributed by atoms with Crippen LogP contribution in [0, 0.1) is 5.92 Å². The van der Waals surface area contributed by atoms with E-state index in [1.807, 2.05) is 43.3 Å². The Kier molecular flexibility index (Phi) is 11.1. The molecule has 0 aliphatic heterocycles. The number of anilines is 1. The molecule has 0 bridgehead atoms. The van der Waals surface area contributed by atoms with Crippen LogP contribution in [-0.4, -0.2) is 28.5 Å². The predicted molar refractivity (Wildman–Crippen MR) is 146 cm³/mol. The fourth-order valence-corrected chi connectivity index (χ4v) is 4.83. The summed E-state index contributed by atoms with van der Waals surface area (Å²) in [6.07, 6.45) is 10.8. The minimum Gasteiger partial charge on any atom is -0.444 e. The topological polar surface area (TPSA) is 133 Å². The van der Waals surface area contributed by atoms with Gasteiger partial charge in [-0.25, -0.2) is 4.79 Å². The second kappa shape index (κ2) is 14.8. The molecule has 38 heavy (non-hydrogen) atoms. The summed E-state index contributed by atoms with van der Waals surface area (Å²) >= 11 is 0. The first-order valence-corrected chi connectivity index (χ1v) is 13.3. The van der Waals surface area contributed by atoms with Gasteiger partial charge in [-0.2, -0.15) is 0 Å². The average molecular weight is 523 g/mol. The number of hydrogen-bond donors (Lipinski definition) is 3. The highest BCUT2D eigenvalue weighted by Gasteiger charge is 2.28. The number of amides is 3. The number of rotatable bonds is 12. The van der Waals surface area contributed by atoms with Gasteiger partial charge in [-0.1, -0.05) is 74.6 Å². The molecule has 0 spiro atoms. The van der Waals surface area contributed by atoms with E-state index >= 15 is 0 Å². The maximum Gasteiger partial charge on any atom is 0.412 e. The molecule has 4 N–H and O–H groups in total. The SMILES string of the molecule is C/C=C/[C@H](CCC(N)=O)NC(=O)[C@H](CC1CCCCC1)n1cccc(NC(=O)OCc2ccccc2)c1=O. The maximum atomic E-state index is 13.6. The molecule has 2 aromatic rings. The second-order valence-electron chi connectivity index (χ2n) is 9.72. The Hall–Kier alpha value is -3.88. The number of nitrogens with zero attached hydrogens (tertiary/aromatic N) is 1. The molecule has 1 saturated carbocycles. The highest BCUT2D eigenvalue weighted by Crippen LogP contribution is 2.31. The average Bonchev–Trinajstić information content (AvgIpc) is 2.92. The molecule has 0 saturated heterocycles. The number of nitrogens with one attached hydrogen (secondary N) is 2. The van der Waals surface area contributed by atoms with E-state index in [0.717, 1.165) is 31.2 Å². The van der Waals surface area contributed by atoms with Crippen molar-refractivity contribution >= 4 is 23.6 Å². The van der Waals surface area contributed by atoms with E-state index in [1.165, 1.54) is 17.1 Å². The van der Waals surface area contributed by atoms with E-state index in [2.05, 4.69) is 10.6 Å². The lowest BCUT2D eigenvalue weighted by Crippen LogP contribution is -2.43. The van der Waals surface area contributed by atoms with Crippen molar-refractivity contribution in [1.82, 2.24) is 9.88 Å². The number of nitrogens with two attached hydrogens (primary N) is 1. The molecule has 0 radical (unpaired) electrons. The van der Waals surface area contributed by atoms with Gasteiger partial charge in [-0.15, -0.1) is 0 Å². The quantitative estimate of drug-likeness (QED) is 0.355. The van der Waals surface area contributed by atoms with Crippen LogP contribution in [0.15, 0.2) is 65.6 Å². The number of hydrogen-bond acceptors (Lipinski definition) is 5. The normalized spacial score (nSPS) is 15.5. The number of ether oxygens (including phenoxy) is 1. The maximum absolute atomic E-state index is 13.6. The number of allylic oxidation sites excluding steroid dienone is 1. The second-order valence-corrected chi connectivity index (χ2v) is 9.72. The molecule has 9 nitrogen and oxygen atoms in total. The van der Waals surface area contributed by atoms with Crippen LogP contribution in [0.4, 0.5) is 10.5 Å². The lowest BCUT2D eigenvalue weighted by atomic mass is 9.84. The monoisotopic (exact) mass is 522 g/mol. The molecule has 1 aromatic heterocycles. The molecule has 0 unspecified atom stereocenters. The Morgan fingerprint density at radius 2 is 1.84 bits per heavy atom. The van der Waals surface area contributed by atoms with E-state index < -0.39 is 23.6 Å². The first-order chi connectivity index (χ1) is 18.4. The summed E-state index contributed by atoms with van der Waals surface area (Å²) in [5.74, 6) is -0.444. The van der Waals surface area contributed by atoms with Crippen molar-refractivity contribution in [1.29, 1.82) is 0 Å². The molecule has 3 rings (SSSR count). The lowest BCUT2D eigenvalue weighted by molar-refractivity contribution is -0.126. The number of benzene rings is 1. The van der Waals surface area contributed by atoms with Crippen molar-refractivity contribution in [2.45, 2.75) is 77.0 Å². The Labute approximate surface area is 223 Å². The third kappa shape index (κ3) is 8.90. The number of primary amides is 1. The number of aromatic nitrogens is 1. The van der Waals surface area contributed by atoms with Gasteiger partial charge in [0.05, 0.1) is 0 Å². The number of pyridine rings is 1. The van der Waals surface area contributed by atoms with Crippen molar-refractivity contribution in [3.05, 3.63) is 76.7 Å². The third-order valence-electron chi connectivity index (χ3n) is 6.80. The van der Waals surface area contributed by atoms with Gasteiger partial charge >= 0.3 is 6.09 Å². The van der Waals surface area contributed by atoms with Crippen LogP contribution < -0.4 is 21.9 Å². The van der Waals surface area contributed by atoms with Gasteiger partial charge in [0.1, 0.15) is 18.3 Å². The molecular formula is C29H38N4O5. The van der Waals surface area contributed by atoms with E-state index in [4.69, 9.17) is 10.5 Å². The van der Waals surface area contributed by atoms with Crippen molar-refractivity contribution in [3.8, 4) is 0 Å². The van der Waals surface area contributed by atoms with Gasteiger partial charge in [0.15, 0.2) is 0 Å². The molecule has 204 valence electrons. The molecule has 1 heterocycles. The summed E-state index contributed by atoms with van der Waals surface area (Å²) < 4.78 is 6.65. The van der Waals surface area contributed by atoms with Crippen molar-refractivity contribution < 1.29 is 19.1 Å². The lowest BCUT2D eigenvalue weighted by Gasteiger charge is -2.28. The Balaban J connectivity index is 1.79. The van der Waals surface area contributed by atoms with Crippen LogP contribution in [0.5, 0.6) is 0 Å². The van der Waals surface area contributed by atoms with Gasteiger partial charge in [0.25, 0.3) is 5.56 Å². The van der Waals surface area contributed by atoms with Gasteiger partial charge < -0.3 is 20.4 Å². The van der Waals surface area contributed by atoms with E-state index in [-0.39, 0.29) is 30.7 Å². The van der Waals surface area contributed by atoms with Gasteiger partial charge in [0.2, 0.25) is 11.8 Å². The summed E-state index contributed by atoms with van der Waals surface area (Å²) in [7, 11) is 0. The summed E-state index contributed by atoms with van der Waals surface area (Å²) in [6, 6.07) is 11.2. The predicted octanol–water partition coefficient (Wildman–Crippen LogP) is 4.43. The van der Waals surface area contributed by atoms with Gasteiger partial charge in [-0.3, -0.25) is 19.7 Å². The fraction of sp³-hybridized carbons (Fsp3) is 0.448. The van der Waals surface area contributed by atoms with Crippen LogP contribution in [0.1, 0.15) is 69.9 Å². The van der Waals surface area contributed by atoms with Crippen molar-refractivity contribution in [2.24, 2.45) is 11.7 Å². The van der Waals surface area contributed by atoms with E-state index in [9.17, 15) is 19.2 Å². The highest BCUT2D eigenvalue weighted by atomic mass is 16.5. The first-order valence-electron chi connectivity index (χ1n) is 13.3. The number of carbonyl (C=O) groups is 3. The summed E-state index contributed by atoms with van der Waals surface area (Å²) in [6.45, 7) is 1.90. The molecule has 2 atom stereocenters. The van der Waals surface area contributed by atoms with Crippen LogP contribution in [0.3, 0.4) is 0 Å². The molecule has 1 aliphatic rings. The zero-order chi connectivity index (χ0) is 27.3. The van der Waals surface area contributed by atoms with E-state index in [0.29, 0.717) is 18.8 Å². The van der Waals surface area contributed by atoms with Crippen molar-refractivity contribution in [2.75, 3.05) is 5.32 Å². The summed E-state index contributed by atoms with van der Waals surface area (Å²) in [5, 5.41) is 5.51. The molecule has 1 aromatic carbocycles. The van der Waals surface area contributed by atoms with Gasteiger partial charge in [0, 0.05) is 18.7 Å². The third-order valence-corrected chi connectivity index (χ3v) is 6.80. The smallest absolute Gasteiger partial charge is 0.412 e. The van der Waals surface area contributed by atoms with Crippen LogP contribution >= 0.6 is 0 Å². The van der Waals surface area contributed by atoms with Crippen LogP contribution in [0.2, 0.25) is 0 Å². The van der Waals surface area contributed by atoms with Gasteiger partial charge in [-0.05, 0) is 43.4 Å². The highest BCUT2D eigenvalue weighted by molar-refractivity contribution is 5.84. The first kappa shape index (κ1) is 28.7. The fourth-order valence-electron chi connectivity index (χ4n) is 4.83. The van der Waals surface area contributed by atoms with Crippen LogP contribution in [-0.2, 0) is 20.9 Å². The van der Waals surface area contributed by atoms with Crippen molar-refractivity contribution in [3.63, 3.8) is 0 Å². The number of carbonyl (C=O) groups excluding carboxylic acids is 3. The minimum atomic E-state index is -0.769. The molecule has 1 fully saturated rings. The van der Waals surface area contributed by atoms with E-state index in [1.54, 1.807) is 18.3 Å². The largest absolute Gasteiger partial charge is 0.444 e. The molecular weight excluding hydrogens is 484 g/mol. The summed E-state index contributed by atoms with van der Waals surface area (Å²) in [5.41, 5.74) is 5.68. The standard InChI is InChI=1S/C29H38N4O5/c1-2-10-23(16-17-26(30)34)31-27(35)25(19-21-11-5-3-6-12-21)33-18-9-15-24(28(33)36)32-29(37)38-20-22-13-7-4-8-14-22/h2,4,7-10,13-15,18,21,23,25H,3,5-6,11-12,16-17,19-20H2,1H3,(H2,30,34)(H,31,35)(H,32,37)/b10-2+/t23-,25+/m1/s1. The Morgan fingerprint density at radius 3 is 2.53 bits per heavy atom. The Morgan fingerprint density at radius 1 is 1.11 bits per heavy atom. The van der Waals surface area contributed by atoms with Crippen LogP contribution in [0.25, 0.3) is 0 Å². The molecule has 9 heteroatoms. The zero-order valence-corrected chi connectivity index (χ0v) is 21.9. The zero-order valence-electron chi connectivity index (χ0n) is 21.9.